The van der Waals surface area contributed by atoms with Gasteiger partial charge < -0.3 is 10.2 Å². The first-order valence-corrected chi connectivity index (χ1v) is 9.12. The lowest BCUT2D eigenvalue weighted by molar-refractivity contribution is -0.130. The number of rotatable bonds is 4. The summed E-state index contributed by atoms with van der Waals surface area (Å²) in [7, 11) is 0. The Morgan fingerprint density at radius 2 is 2.00 bits per heavy atom. The van der Waals surface area contributed by atoms with Crippen LogP contribution in [0, 0.1) is 5.92 Å². The van der Waals surface area contributed by atoms with Crippen molar-refractivity contribution in [1.29, 1.82) is 0 Å². The monoisotopic (exact) mass is 329 g/mol. The molecule has 1 aromatic rings. The van der Waals surface area contributed by atoms with Crippen molar-refractivity contribution in [3.63, 3.8) is 0 Å². The Morgan fingerprint density at radius 1 is 1.21 bits per heavy atom. The minimum Gasteiger partial charge on any atom is -0.349 e. The van der Waals surface area contributed by atoms with Gasteiger partial charge in [-0.1, -0.05) is 12.8 Å². The quantitative estimate of drug-likeness (QED) is 0.923. The molecule has 0 aromatic carbocycles. The number of piperidine rings is 1. The van der Waals surface area contributed by atoms with Gasteiger partial charge in [-0.2, -0.15) is 0 Å². The van der Waals surface area contributed by atoms with Gasteiger partial charge in [-0.25, -0.2) is 0 Å². The molecule has 2 heterocycles. The van der Waals surface area contributed by atoms with E-state index in [1.807, 2.05) is 17.2 Å². The highest BCUT2D eigenvalue weighted by Crippen LogP contribution is 2.22. The maximum Gasteiger partial charge on any atom is 0.253 e. The van der Waals surface area contributed by atoms with E-state index in [0.717, 1.165) is 50.8 Å². The van der Waals surface area contributed by atoms with Gasteiger partial charge in [0.2, 0.25) is 5.91 Å². The van der Waals surface area contributed by atoms with Crippen molar-refractivity contribution in [3.8, 4) is 0 Å². The molecule has 24 heavy (non-hydrogen) atoms. The SMILES string of the molecule is CC(=O)N1CCC[C@@H](Cc2cncc(C(=O)NC3CCCC3)c2)C1. The molecule has 130 valence electrons. The first kappa shape index (κ1) is 16.9. The highest BCUT2D eigenvalue weighted by Gasteiger charge is 2.22. The molecule has 1 N–H and O–H groups in total. The van der Waals surface area contributed by atoms with E-state index in [-0.39, 0.29) is 11.8 Å². The molecule has 1 aliphatic carbocycles. The fourth-order valence-electron chi connectivity index (χ4n) is 3.91. The zero-order valence-corrected chi connectivity index (χ0v) is 14.5. The third kappa shape index (κ3) is 4.34. The van der Waals surface area contributed by atoms with Gasteiger partial charge in [0.05, 0.1) is 5.56 Å². The van der Waals surface area contributed by atoms with Crippen LogP contribution >= 0.6 is 0 Å². The zero-order chi connectivity index (χ0) is 16.9. The molecule has 0 unspecified atom stereocenters. The molecule has 0 radical (unpaired) electrons. The fraction of sp³-hybridized carbons (Fsp3) is 0.632. The largest absolute Gasteiger partial charge is 0.349 e. The second kappa shape index (κ2) is 7.77. The number of nitrogens with one attached hydrogen (secondary N) is 1. The number of hydrogen-bond donors (Lipinski definition) is 1. The number of pyridine rings is 1. The lowest BCUT2D eigenvalue weighted by atomic mass is 9.91. The number of likely N-dealkylation sites (tertiary alicyclic amines) is 1. The van der Waals surface area contributed by atoms with Crippen LogP contribution in [-0.2, 0) is 11.2 Å². The van der Waals surface area contributed by atoms with Gasteiger partial charge in [0.1, 0.15) is 0 Å². The van der Waals surface area contributed by atoms with Crippen LogP contribution in [0.25, 0.3) is 0 Å². The minimum absolute atomic E-state index is 0.00902. The molecule has 3 rings (SSSR count). The predicted octanol–water partition coefficient (Wildman–Crippen LogP) is 2.56. The lowest BCUT2D eigenvalue weighted by Gasteiger charge is -2.32. The van der Waals surface area contributed by atoms with Crippen molar-refractivity contribution in [2.24, 2.45) is 5.92 Å². The second-order valence-electron chi connectivity index (χ2n) is 7.21. The summed E-state index contributed by atoms with van der Waals surface area (Å²) in [4.78, 5) is 30.1. The summed E-state index contributed by atoms with van der Waals surface area (Å²) in [6, 6.07) is 2.29. The van der Waals surface area contributed by atoms with E-state index in [2.05, 4.69) is 10.3 Å². The second-order valence-corrected chi connectivity index (χ2v) is 7.21. The van der Waals surface area contributed by atoms with Crippen LogP contribution in [0.3, 0.4) is 0 Å². The third-order valence-electron chi connectivity index (χ3n) is 5.24. The van der Waals surface area contributed by atoms with Crippen molar-refractivity contribution in [3.05, 3.63) is 29.6 Å². The number of amides is 2. The highest BCUT2D eigenvalue weighted by atomic mass is 16.2. The van der Waals surface area contributed by atoms with Crippen molar-refractivity contribution in [1.82, 2.24) is 15.2 Å². The molecule has 0 bridgehead atoms. The van der Waals surface area contributed by atoms with E-state index in [0.29, 0.717) is 17.5 Å². The summed E-state index contributed by atoms with van der Waals surface area (Å²) in [6.45, 7) is 3.32. The van der Waals surface area contributed by atoms with E-state index in [4.69, 9.17) is 0 Å². The van der Waals surface area contributed by atoms with E-state index in [9.17, 15) is 9.59 Å². The number of aromatic nitrogens is 1. The summed E-state index contributed by atoms with van der Waals surface area (Å²) in [5.74, 6) is 0.602. The van der Waals surface area contributed by atoms with Crippen molar-refractivity contribution in [2.45, 2.75) is 57.9 Å². The number of carbonyl (C=O) groups excluding carboxylic acids is 2. The van der Waals surface area contributed by atoms with Gasteiger partial charge in [0, 0.05) is 38.4 Å². The number of carbonyl (C=O) groups is 2. The number of nitrogens with zero attached hydrogens (tertiary/aromatic N) is 2. The molecule has 5 heteroatoms. The molecule has 5 nitrogen and oxygen atoms in total. The van der Waals surface area contributed by atoms with Crippen molar-refractivity contribution in [2.75, 3.05) is 13.1 Å². The highest BCUT2D eigenvalue weighted by molar-refractivity contribution is 5.94. The Kier molecular flexibility index (Phi) is 5.48. The van der Waals surface area contributed by atoms with E-state index in [1.165, 1.54) is 12.8 Å². The molecule has 2 fully saturated rings. The summed E-state index contributed by atoms with van der Waals surface area (Å²) in [5, 5.41) is 3.12. The Hall–Kier alpha value is -1.91. The maximum atomic E-state index is 12.4. The van der Waals surface area contributed by atoms with Gasteiger partial charge in [-0.3, -0.25) is 14.6 Å². The van der Waals surface area contributed by atoms with Crippen LogP contribution in [-0.4, -0.2) is 40.8 Å². The van der Waals surface area contributed by atoms with Gasteiger partial charge in [-0.15, -0.1) is 0 Å². The molecular formula is C19H27N3O2. The normalized spacial score (nSPS) is 21.7. The lowest BCUT2D eigenvalue weighted by Crippen LogP contribution is -2.39. The van der Waals surface area contributed by atoms with Gasteiger partial charge in [-0.05, 0) is 49.7 Å². The molecule has 2 amide bonds. The topological polar surface area (TPSA) is 62.3 Å². The first-order valence-electron chi connectivity index (χ1n) is 9.12. The Bertz CT molecular complexity index is 596. The zero-order valence-electron chi connectivity index (χ0n) is 14.5. The van der Waals surface area contributed by atoms with Gasteiger partial charge >= 0.3 is 0 Å². The number of hydrogen-bond acceptors (Lipinski definition) is 3. The summed E-state index contributed by atoms with van der Waals surface area (Å²) in [6.07, 6.45) is 11.1. The minimum atomic E-state index is -0.00902. The van der Waals surface area contributed by atoms with Crippen LogP contribution in [0.5, 0.6) is 0 Å². The maximum absolute atomic E-state index is 12.4. The predicted molar refractivity (Wildman–Crippen MR) is 92.6 cm³/mol. The molecule has 1 aromatic heterocycles. The van der Waals surface area contributed by atoms with Crippen LogP contribution in [0.2, 0.25) is 0 Å². The first-order chi connectivity index (χ1) is 11.6. The van der Waals surface area contributed by atoms with E-state index >= 15 is 0 Å². The Labute approximate surface area is 143 Å². The molecule has 2 aliphatic rings. The van der Waals surface area contributed by atoms with Crippen LogP contribution in [0.4, 0.5) is 0 Å². The molecule has 1 aliphatic heterocycles. The molecule has 1 saturated heterocycles. The van der Waals surface area contributed by atoms with Crippen molar-refractivity contribution >= 4 is 11.8 Å². The molecular weight excluding hydrogens is 302 g/mol. The average molecular weight is 329 g/mol. The molecule has 1 atom stereocenters. The smallest absolute Gasteiger partial charge is 0.253 e. The third-order valence-corrected chi connectivity index (χ3v) is 5.24. The van der Waals surface area contributed by atoms with E-state index < -0.39 is 0 Å². The van der Waals surface area contributed by atoms with Gasteiger partial charge in [0.15, 0.2) is 0 Å². The Morgan fingerprint density at radius 3 is 2.75 bits per heavy atom. The molecule has 0 spiro atoms. The summed E-state index contributed by atoms with van der Waals surface area (Å²) in [5.41, 5.74) is 1.74. The fourth-order valence-corrected chi connectivity index (χ4v) is 3.91. The van der Waals surface area contributed by atoms with Crippen LogP contribution in [0.1, 0.15) is 61.4 Å². The average Bonchev–Trinajstić information content (AvgIpc) is 3.08. The van der Waals surface area contributed by atoms with Crippen LogP contribution < -0.4 is 5.32 Å². The van der Waals surface area contributed by atoms with E-state index in [1.54, 1.807) is 13.1 Å². The van der Waals surface area contributed by atoms with Crippen LogP contribution in [0.15, 0.2) is 18.5 Å². The summed E-state index contributed by atoms with van der Waals surface area (Å²) < 4.78 is 0. The Balaban J connectivity index is 1.60. The van der Waals surface area contributed by atoms with Crippen molar-refractivity contribution < 1.29 is 9.59 Å². The van der Waals surface area contributed by atoms with Gasteiger partial charge in [0.25, 0.3) is 5.91 Å². The standard InChI is InChI=1S/C19H27N3O2/c1-14(23)22-8-4-5-15(13-22)9-16-10-17(12-20-11-16)19(24)21-18-6-2-3-7-18/h10-12,15,18H,2-9,13H2,1H3,(H,21,24)/t15-/m0/s1. The molecule has 1 saturated carbocycles. The summed E-state index contributed by atoms with van der Waals surface area (Å²) >= 11 is 0.